The summed E-state index contributed by atoms with van der Waals surface area (Å²) in [5.74, 6) is 0.212. The number of nitrogens with one attached hydrogen (secondary N) is 2. The maximum atomic E-state index is 13.0. The van der Waals surface area contributed by atoms with Crippen molar-refractivity contribution < 1.29 is 23.7 Å². The molecule has 4 rings (SSSR count). The standard InChI is InChI=1S/C25H40N4O5S/c1-14(2)8-9-18-24(5,34-18)21-20(31-7)17(10-11-25(21)13-32-25)33-23(30)27-16(15(3)4)12-19-28-29-22(26-6)35-19/h8,15-18,20-21H,9-13H2,1-7H3,(H,26,29)(H,27,30)/t16-,17-,18-,20-,21-,24+,25+/m1/s1. The predicted octanol–water partition coefficient (Wildman–Crippen LogP) is 3.95. The molecule has 1 aromatic heterocycles. The van der Waals surface area contributed by atoms with Crippen LogP contribution < -0.4 is 10.6 Å². The molecule has 10 heteroatoms. The first-order valence-electron chi connectivity index (χ1n) is 12.6. The Morgan fingerprint density at radius 2 is 2.09 bits per heavy atom. The Labute approximate surface area is 212 Å². The largest absolute Gasteiger partial charge is 0.443 e. The smallest absolute Gasteiger partial charge is 0.407 e. The van der Waals surface area contributed by atoms with Crippen LogP contribution in [-0.2, 0) is 25.4 Å². The highest BCUT2D eigenvalue weighted by atomic mass is 32.1. The second-order valence-corrected chi connectivity index (χ2v) is 11.8. The van der Waals surface area contributed by atoms with Crippen LogP contribution in [0.15, 0.2) is 11.6 Å². The van der Waals surface area contributed by atoms with Crippen LogP contribution in [0.1, 0.15) is 58.9 Å². The molecule has 0 unspecified atom stereocenters. The lowest BCUT2D eigenvalue weighted by atomic mass is 9.68. The third-order valence-corrected chi connectivity index (χ3v) is 8.64. The number of methoxy groups -OCH3 is 1. The number of aromatic nitrogens is 2. The van der Waals surface area contributed by atoms with Crippen molar-refractivity contribution in [3.63, 3.8) is 0 Å². The van der Waals surface area contributed by atoms with Gasteiger partial charge in [-0.15, -0.1) is 10.2 Å². The lowest BCUT2D eigenvalue weighted by Gasteiger charge is -2.42. The van der Waals surface area contributed by atoms with Crippen LogP contribution >= 0.6 is 11.3 Å². The number of ether oxygens (including phenoxy) is 4. The fourth-order valence-corrected chi connectivity index (χ4v) is 6.22. The van der Waals surface area contributed by atoms with Gasteiger partial charge in [0.1, 0.15) is 28.4 Å². The minimum Gasteiger partial charge on any atom is -0.443 e. The van der Waals surface area contributed by atoms with Crippen LogP contribution in [0.4, 0.5) is 9.93 Å². The molecule has 1 amide bonds. The van der Waals surface area contributed by atoms with Crippen molar-refractivity contribution in [2.75, 3.05) is 26.1 Å². The summed E-state index contributed by atoms with van der Waals surface area (Å²) in [6, 6.07) is -0.114. The maximum absolute atomic E-state index is 13.0. The number of epoxide rings is 2. The molecular weight excluding hydrogens is 468 g/mol. The Morgan fingerprint density at radius 3 is 2.66 bits per heavy atom. The SMILES string of the molecule is CNc1nnc(C[C@@H](NC(=O)O[C@@H]2CC[C@]3(CO3)[C@@H]([C@@]3(C)O[C@@H]3CC=C(C)C)[C@@H]2OC)C(C)C)s1. The normalized spacial score (nSPS) is 34.4. The number of alkyl carbamates (subject to hydrolysis) is 1. The van der Waals surface area contributed by atoms with E-state index in [-0.39, 0.29) is 47.4 Å². The zero-order chi connectivity index (χ0) is 25.4. The van der Waals surface area contributed by atoms with Crippen molar-refractivity contribution in [3.8, 4) is 0 Å². The number of carbonyl (C=O) groups is 1. The number of rotatable bonds is 10. The summed E-state index contributed by atoms with van der Waals surface area (Å²) in [6.45, 7) is 11.2. The van der Waals surface area contributed by atoms with E-state index in [1.807, 2.05) is 7.05 Å². The number of hydrogen-bond donors (Lipinski definition) is 2. The Bertz CT molecular complexity index is 929. The maximum Gasteiger partial charge on any atom is 0.407 e. The van der Waals surface area contributed by atoms with E-state index in [0.717, 1.165) is 23.0 Å². The molecule has 1 saturated carbocycles. The lowest BCUT2D eigenvalue weighted by Crippen LogP contribution is -2.56. The van der Waals surface area contributed by atoms with Gasteiger partial charge in [0.25, 0.3) is 0 Å². The average molecular weight is 509 g/mol. The Balaban J connectivity index is 1.41. The molecule has 2 N–H and O–H groups in total. The summed E-state index contributed by atoms with van der Waals surface area (Å²) in [6.07, 6.45) is 4.24. The third kappa shape index (κ3) is 5.65. The number of hydrogen-bond acceptors (Lipinski definition) is 9. The van der Waals surface area contributed by atoms with E-state index >= 15 is 0 Å². The van der Waals surface area contributed by atoms with Crippen LogP contribution in [0.25, 0.3) is 0 Å². The Hall–Kier alpha value is -1.75. The highest BCUT2D eigenvalue weighted by Crippen LogP contribution is 2.59. The zero-order valence-corrected chi connectivity index (χ0v) is 22.7. The van der Waals surface area contributed by atoms with Crippen molar-refractivity contribution in [1.29, 1.82) is 0 Å². The first-order chi connectivity index (χ1) is 16.6. The molecule has 9 nitrogen and oxygen atoms in total. The molecule has 0 radical (unpaired) electrons. The highest BCUT2D eigenvalue weighted by molar-refractivity contribution is 7.15. The molecule has 1 aliphatic carbocycles. The van der Waals surface area contributed by atoms with Gasteiger partial charge in [-0.2, -0.15) is 0 Å². The zero-order valence-electron chi connectivity index (χ0n) is 21.9. The molecule has 0 bridgehead atoms. The van der Waals surface area contributed by atoms with Crippen LogP contribution in [0, 0.1) is 11.8 Å². The number of amides is 1. The third-order valence-electron chi connectivity index (χ3n) is 7.68. The molecule has 2 saturated heterocycles. The first kappa shape index (κ1) is 26.3. The molecule has 3 heterocycles. The van der Waals surface area contributed by atoms with Gasteiger partial charge in [-0.25, -0.2) is 4.79 Å². The fourth-order valence-electron chi connectivity index (χ4n) is 5.47. The van der Waals surface area contributed by atoms with Gasteiger partial charge in [-0.3, -0.25) is 0 Å². The van der Waals surface area contributed by atoms with Gasteiger partial charge in [0.15, 0.2) is 0 Å². The van der Waals surface area contributed by atoms with E-state index in [0.29, 0.717) is 19.4 Å². The van der Waals surface area contributed by atoms with Crippen molar-refractivity contribution in [2.45, 2.75) is 95.9 Å². The molecule has 3 fully saturated rings. The minimum absolute atomic E-state index is 0.00404. The highest BCUT2D eigenvalue weighted by Gasteiger charge is 2.72. The van der Waals surface area contributed by atoms with Crippen molar-refractivity contribution in [1.82, 2.24) is 15.5 Å². The second kappa shape index (κ2) is 10.3. The summed E-state index contributed by atoms with van der Waals surface area (Å²) in [5, 5.41) is 16.0. The lowest BCUT2D eigenvalue weighted by molar-refractivity contribution is -0.118. The van der Waals surface area contributed by atoms with E-state index in [2.05, 4.69) is 61.5 Å². The van der Waals surface area contributed by atoms with E-state index in [1.54, 1.807) is 7.11 Å². The van der Waals surface area contributed by atoms with Crippen molar-refractivity contribution >= 4 is 22.6 Å². The van der Waals surface area contributed by atoms with E-state index < -0.39 is 6.09 Å². The summed E-state index contributed by atoms with van der Waals surface area (Å²) >= 11 is 1.49. The van der Waals surface area contributed by atoms with Crippen molar-refractivity contribution in [2.24, 2.45) is 11.8 Å². The average Bonchev–Trinajstić information content (AvgIpc) is 3.67. The van der Waals surface area contributed by atoms with Crippen LogP contribution in [0.2, 0.25) is 0 Å². The summed E-state index contributed by atoms with van der Waals surface area (Å²) in [7, 11) is 3.51. The van der Waals surface area contributed by atoms with Gasteiger partial charge in [0, 0.05) is 26.6 Å². The number of nitrogens with zero attached hydrogens (tertiary/aromatic N) is 2. The molecule has 2 aliphatic heterocycles. The number of anilines is 1. The minimum atomic E-state index is -0.427. The fraction of sp³-hybridized carbons (Fsp3) is 0.800. The first-order valence-corrected chi connectivity index (χ1v) is 13.4. The molecule has 7 atom stereocenters. The summed E-state index contributed by atoms with van der Waals surface area (Å²) < 4.78 is 24.2. The molecule has 0 aromatic carbocycles. The summed E-state index contributed by atoms with van der Waals surface area (Å²) in [4.78, 5) is 13.0. The molecule has 3 aliphatic rings. The van der Waals surface area contributed by atoms with Gasteiger partial charge in [-0.1, -0.05) is 36.8 Å². The van der Waals surface area contributed by atoms with Crippen LogP contribution in [0.5, 0.6) is 0 Å². The Kier molecular flexibility index (Phi) is 7.76. The van der Waals surface area contributed by atoms with Gasteiger partial charge in [0.05, 0.1) is 18.6 Å². The molecule has 1 aromatic rings. The van der Waals surface area contributed by atoms with E-state index in [1.165, 1.54) is 16.9 Å². The van der Waals surface area contributed by atoms with Crippen LogP contribution in [-0.4, -0.2) is 72.6 Å². The van der Waals surface area contributed by atoms with Gasteiger partial charge < -0.3 is 29.6 Å². The molecular formula is C25H40N4O5S. The topological polar surface area (TPSA) is 110 Å². The molecule has 1 spiro atoms. The van der Waals surface area contributed by atoms with Gasteiger partial charge in [0.2, 0.25) is 5.13 Å². The van der Waals surface area contributed by atoms with E-state index in [4.69, 9.17) is 18.9 Å². The number of carbonyl (C=O) groups excluding carboxylic acids is 1. The Morgan fingerprint density at radius 1 is 1.34 bits per heavy atom. The van der Waals surface area contributed by atoms with E-state index in [9.17, 15) is 4.79 Å². The van der Waals surface area contributed by atoms with Gasteiger partial charge >= 0.3 is 6.09 Å². The summed E-state index contributed by atoms with van der Waals surface area (Å²) in [5.41, 5.74) is 0.681. The number of allylic oxidation sites excluding steroid dienone is 1. The monoisotopic (exact) mass is 508 g/mol. The van der Waals surface area contributed by atoms with Crippen LogP contribution in [0.3, 0.4) is 0 Å². The van der Waals surface area contributed by atoms with Gasteiger partial charge in [-0.05, 0) is 46.0 Å². The molecule has 196 valence electrons. The van der Waals surface area contributed by atoms with Crippen molar-refractivity contribution in [3.05, 3.63) is 16.7 Å². The second-order valence-electron chi connectivity index (χ2n) is 10.8. The predicted molar refractivity (Wildman–Crippen MR) is 135 cm³/mol. The quantitative estimate of drug-likeness (QED) is 0.361. The molecule has 35 heavy (non-hydrogen) atoms.